The Kier molecular flexibility index (Phi) is 5.39. The molecular formula is C18H21ClN6O. The van der Waals surface area contributed by atoms with Crippen molar-refractivity contribution >= 4 is 18.3 Å². The molecule has 0 bridgehead atoms. The number of aromatic nitrogens is 4. The Labute approximate surface area is 157 Å². The van der Waals surface area contributed by atoms with Crippen molar-refractivity contribution in [1.82, 2.24) is 30.6 Å². The molecule has 0 fully saturated rings. The molecular weight excluding hydrogens is 352 g/mol. The fourth-order valence-corrected chi connectivity index (χ4v) is 3.10. The summed E-state index contributed by atoms with van der Waals surface area (Å²) >= 11 is 0. The molecule has 1 atom stereocenters. The second-order valence-electron chi connectivity index (χ2n) is 6.19. The van der Waals surface area contributed by atoms with Gasteiger partial charge in [-0.3, -0.25) is 9.89 Å². The Morgan fingerprint density at radius 1 is 1.31 bits per heavy atom. The second kappa shape index (κ2) is 7.72. The Balaban J connectivity index is 0.00000196. The lowest BCUT2D eigenvalue weighted by molar-refractivity contribution is 0.0933. The number of carbonyl (C=O) groups excluding carboxylic acids is 1. The molecule has 1 amide bonds. The number of carbonyl (C=O) groups is 1. The Bertz CT molecular complexity index is 872. The number of rotatable bonds is 4. The smallest absolute Gasteiger partial charge is 0.272 e. The largest absolute Gasteiger partial charge is 0.344 e. The molecule has 26 heavy (non-hydrogen) atoms. The van der Waals surface area contributed by atoms with Crippen molar-refractivity contribution in [3.05, 3.63) is 65.2 Å². The van der Waals surface area contributed by atoms with Gasteiger partial charge in [0.2, 0.25) is 0 Å². The molecule has 0 radical (unpaired) electrons. The number of nitrogens with zero attached hydrogens (tertiary/aromatic N) is 3. The van der Waals surface area contributed by atoms with Crippen molar-refractivity contribution in [1.29, 1.82) is 0 Å². The molecule has 1 aromatic carbocycles. The SMILES string of the molecule is CC(NC(=O)c1n[nH]c2c1CNCC2)c1ccc(-n2cccn2)cc1.Cl. The van der Waals surface area contributed by atoms with E-state index >= 15 is 0 Å². The van der Waals surface area contributed by atoms with Crippen LogP contribution in [0.25, 0.3) is 5.69 Å². The standard InChI is InChI=1S/C18H20N6O.ClH/c1-12(13-3-5-14(6-4-13)24-10-2-8-20-24)21-18(25)17-15-11-19-9-7-16(15)22-23-17;/h2-6,8,10,12,19H,7,9,11H2,1H3,(H,21,25)(H,22,23);1H. The number of aromatic amines is 1. The number of benzene rings is 1. The molecule has 7 nitrogen and oxygen atoms in total. The van der Waals surface area contributed by atoms with Gasteiger partial charge >= 0.3 is 0 Å². The normalized spacial score (nSPS) is 14.2. The molecule has 2 aromatic heterocycles. The van der Waals surface area contributed by atoms with Crippen LogP contribution in [0.4, 0.5) is 0 Å². The van der Waals surface area contributed by atoms with Crippen LogP contribution < -0.4 is 10.6 Å². The molecule has 0 aliphatic carbocycles. The summed E-state index contributed by atoms with van der Waals surface area (Å²) in [4.78, 5) is 12.6. The minimum Gasteiger partial charge on any atom is -0.344 e. The summed E-state index contributed by atoms with van der Waals surface area (Å²) in [5.41, 5.74) is 4.54. The van der Waals surface area contributed by atoms with Gasteiger partial charge in [-0.05, 0) is 30.7 Å². The van der Waals surface area contributed by atoms with E-state index in [4.69, 9.17) is 0 Å². The maximum atomic E-state index is 12.6. The number of amides is 1. The van der Waals surface area contributed by atoms with Gasteiger partial charge in [0.1, 0.15) is 0 Å². The number of hydrogen-bond donors (Lipinski definition) is 3. The highest BCUT2D eigenvalue weighted by Gasteiger charge is 2.22. The van der Waals surface area contributed by atoms with Gasteiger partial charge in [0.15, 0.2) is 5.69 Å². The molecule has 3 aromatic rings. The highest BCUT2D eigenvalue weighted by Crippen LogP contribution is 2.18. The molecule has 0 saturated heterocycles. The minimum atomic E-state index is -0.148. The van der Waals surface area contributed by atoms with Crippen LogP contribution in [-0.4, -0.2) is 32.4 Å². The van der Waals surface area contributed by atoms with E-state index in [0.29, 0.717) is 12.2 Å². The predicted molar refractivity (Wildman–Crippen MR) is 101 cm³/mol. The van der Waals surface area contributed by atoms with E-state index < -0.39 is 0 Å². The summed E-state index contributed by atoms with van der Waals surface area (Å²) < 4.78 is 1.80. The van der Waals surface area contributed by atoms with E-state index in [9.17, 15) is 4.79 Å². The third kappa shape index (κ3) is 3.49. The van der Waals surface area contributed by atoms with E-state index in [-0.39, 0.29) is 24.4 Å². The first-order chi connectivity index (χ1) is 12.2. The molecule has 3 heterocycles. The zero-order chi connectivity index (χ0) is 17.2. The third-order valence-corrected chi connectivity index (χ3v) is 4.53. The third-order valence-electron chi connectivity index (χ3n) is 4.53. The topological polar surface area (TPSA) is 87.6 Å². The van der Waals surface area contributed by atoms with Gasteiger partial charge in [-0.25, -0.2) is 4.68 Å². The summed E-state index contributed by atoms with van der Waals surface area (Å²) in [5, 5.41) is 17.7. The molecule has 3 N–H and O–H groups in total. The average molecular weight is 373 g/mol. The van der Waals surface area contributed by atoms with Crippen LogP contribution in [0.5, 0.6) is 0 Å². The van der Waals surface area contributed by atoms with Crippen LogP contribution in [0.1, 0.15) is 40.3 Å². The number of hydrogen-bond acceptors (Lipinski definition) is 4. The summed E-state index contributed by atoms with van der Waals surface area (Å²) in [6.45, 7) is 3.56. The van der Waals surface area contributed by atoms with Crippen molar-refractivity contribution in [3.8, 4) is 5.69 Å². The first-order valence-electron chi connectivity index (χ1n) is 8.40. The molecule has 1 unspecified atom stereocenters. The number of fused-ring (bicyclic) bond motifs is 1. The van der Waals surface area contributed by atoms with Crippen LogP contribution in [-0.2, 0) is 13.0 Å². The van der Waals surface area contributed by atoms with Crippen molar-refractivity contribution in [2.24, 2.45) is 0 Å². The van der Waals surface area contributed by atoms with Crippen LogP contribution in [0, 0.1) is 0 Å². The zero-order valence-corrected chi connectivity index (χ0v) is 15.2. The van der Waals surface area contributed by atoms with E-state index in [1.165, 1.54) is 0 Å². The van der Waals surface area contributed by atoms with Gasteiger partial charge in [0.25, 0.3) is 5.91 Å². The summed E-state index contributed by atoms with van der Waals surface area (Å²) in [7, 11) is 0. The van der Waals surface area contributed by atoms with Crippen LogP contribution in [0.3, 0.4) is 0 Å². The van der Waals surface area contributed by atoms with Crippen molar-refractivity contribution < 1.29 is 4.79 Å². The van der Waals surface area contributed by atoms with Gasteiger partial charge in [0, 0.05) is 43.2 Å². The summed E-state index contributed by atoms with van der Waals surface area (Å²) in [5.74, 6) is -0.148. The van der Waals surface area contributed by atoms with Gasteiger partial charge in [-0.2, -0.15) is 10.2 Å². The molecule has 1 aliphatic rings. The fraction of sp³-hybridized carbons (Fsp3) is 0.278. The molecule has 0 spiro atoms. The monoisotopic (exact) mass is 372 g/mol. The minimum absolute atomic E-state index is 0. The quantitative estimate of drug-likeness (QED) is 0.654. The highest BCUT2D eigenvalue weighted by atomic mass is 35.5. The maximum absolute atomic E-state index is 12.6. The van der Waals surface area contributed by atoms with E-state index in [2.05, 4.69) is 25.9 Å². The van der Waals surface area contributed by atoms with Crippen molar-refractivity contribution in [3.63, 3.8) is 0 Å². The van der Waals surface area contributed by atoms with Crippen molar-refractivity contribution in [2.75, 3.05) is 6.54 Å². The molecule has 8 heteroatoms. The number of halogens is 1. The van der Waals surface area contributed by atoms with Crippen molar-refractivity contribution in [2.45, 2.75) is 25.9 Å². The molecule has 136 valence electrons. The Morgan fingerprint density at radius 2 is 2.12 bits per heavy atom. The van der Waals surface area contributed by atoms with Crippen LogP contribution >= 0.6 is 12.4 Å². The lowest BCUT2D eigenvalue weighted by atomic mass is 10.1. The maximum Gasteiger partial charge on any atom is 0.272 e. The van der Waals surface area contributed by atoms with Gasteiger partial charge in [-0.1, -0.05) is 12.1 Å². The van der Waals surface area contributed by atoms with Crippen LogP contribution in [0.15, 0.2) is 42.7 Å². The van der Waals surface area contributed by atoms with E-state index in [1.54, 1.807) is 10.9 Å². The highest BCUT2D eigenvalue weighted by molar-refractivity contribution is 5.94. The average Bonchev–Trinajstić information content (AvgIpc) is 3.31. The fourth-order valence-electron chi connectivity index (χ4n) is 3.10. The van der Waals surface area contributed by atoms with Gasteiger partial charge in [-0.15, -0.1) is 12.4 Å². The zero-order valence-electron chi connectivity index (χ0n) is 14.4. The Morgan fingerprint density at radius 3 is 2.85 bits per heavy atom. The first kappa shape index (κ1) is 18.2. The molecule has 4 rings (SSSR count). The molecule has 1 aliphatic heterocycles. The van der Waals surface area contributed by atoms with Crippen LogP contribution in [0.2, 0.25) is 0 Å². The second-order valence-corrected chi connectivity index (χ2v) is 6.19. The number of H-pyrrole nitrogens is 1. The van der Waals surface area contributed by atoms with E-state index in [0.717, 1.165) is 35.5 Å². The summed E-state index contributed by atoms with van der Waals surface area (Å²) in [6.07, 6.45) is 4.52. The van der Waals surface area contributed by atoms with Gasteiger partial charge in [0.05, 0.1) is 11.7 Å². The predicted octanol–water partition coefficient (Wildman–Crippen LogP) is 2.15. The molecule has 0 saturated carbocycles. The van der Waals surface area contributed by atoms with E-state index in [1.807, 2.05) is 43.5 Å². The first-order valence-corrected chi connectivity index (χ1v) is 8.40. The number of nitrogens with one attached hydrogen (secondary N) is 3. The van der Waals surface area contributed by atoms with Gasteiger partial charge < -0.3 is 10.6 Å². The lowest BCUT2D eigenvalue weighted by Gasteiger charge is -2.16. The summed E-state index contributed by atoms with van der Waals surface area (Å²) in [6, 6.07) is 9.77. The lowest BCUT2D eigenvalue weighted by Crippen LogP contribution is -2.30. The Hall–Kier alpha value is -2.64.